The topological polar surface area (TPSA) is 32.8 Å². The summed E-state index contributed by atoms with van der Waals surface area (Å²) in [4.78, 5) is 16.9. The Morgan fingerprint density at radius 3 is 2.47 bits per heavy atom. The van der Waals surface area contributed by atoms with Crippen LogP contribution in [0.3, 0.4) is 0 Å². The van der Waals surface area contributed by atoms with E-state index in [-0.39, 0.29) is 11.9 Å². The van der Waals surface area contributed by atoms with E-state index in [9.17, 15) is 4.79 Å². The van der Waals surface area contributed by atoms with E-state index in [4.69, 9.17) is 4.74 Å². The number of esters is 1. The molecule has 0 amide bonds. The van der Waals surface area contributed by atoms with Gasteiger partial charge in [0, 0.05) is 32.7 Å². The van der Waals surface area contributed by atoms with Crippen molar-refractivity contribution in [1.29, 1.82) is 0 Å². The van der Waals surface area contributed by atoms with Gasteiger partial charge in [0.2, 0.25) is 0 Å². The molecule has 0 aromatic carbocycles. The number of hydrogen-bond donors (Lipinski definition) is 0. The normalized spacial score (nSPS) is 25.2. The van der Waals surface area contributed by atoms with Gasteiger partial charge in [-0.05, 0) is 37.3 Å². The van der Waals surface area contributed by atoms with E-state index >= 15 is 0 Å². The Labute approximate surface area is 120 Å². The highest BCUT2D eigenvalue weighted by Crippen LogP contribution is 2.30. The van der Waals surface area contributed by atoms with Gasteiger partial charge < -0.3 is 9.64 Å². The molecule has 0 aliphatic carbocycles. The third-order valence-corrected chi connectivity index (χ3v) is 5.44. The molecule has 0 aromatic heterocycles. The Hall–Kier alpha value is -0.260. The fraction of sp³-hybridized carbons (Fsp3) is 0.929. The van der Waals surface area contributed by atoms with E-state index in [1.54, 1.807) is 0 Å². The van der Waals surface area contributed by atoms with Gasteiger partial charge in [0.25, 0.3) is 0 Å². The lowest BCUT2D eigenvalue weighted by Gasteiger charge is -2.36. The van der Waals surface area contributed by atoms with Crippen molar-refractivity contribution in [3.05, 3.63) is 0 Å². The van der Waals surface area contributed by atoms with E-state index in [2.05, 4.69) is 16.8 Å². The second-order valence-corrected chi connectivity index (χ2v) is 6.91. The maximum absolute atomic E-state index is 12.1. The SMILES string of the molecule is COC(=O)C(CN1CCN(C)CC1)C1CCSCC1. The fourth-order valence-corrected chi connectivity index (χ4v) is 4.14. The van der Waals surface area contributed by atoms with Crippen LogP contribution in [0.5, 0.6) is 0 Å². The van der Waals surface area contributed by atoms with Crippen LogP contribution in [-0.2, 0) is 9.53 Å². The van der Waals surface area contributed by atoms with Crippen molar-refractivity contribution in [3.63, 3.8) is 0 Å². The highest BCUT2D eigenvalue weighted by atomic mass is 32.2. The molecular weight excluding hydrogens is 260 g/mol. The Morgan fingerprint density at radius 2 is 1.89 bits per heavy atom. The lowest BCUT2D eigenvalue weighted by Crippen LogP contribution is -2.48. The monoisotopic (exact) mass is 286 g/mol. The van der Waals surface area contributed by atoms with Crippen LogP contribution in [0.15, 0.2) is 0 Å². The molecule has 0 bridgehead atoms. The molecule has 0 radical (unpaired) electrons. The summed E-state index contributed by atoms with van der Waals surface area (Å²) in [5, 5.41) is 0. The minimum atomic E-state index is -0.00386. The molecular formula is C14H26N2O2S. The Morgan fingerprint density at radius 1 is 1.26 bits per heavy atom. The number of ether oxygens (including phenoxy) is 1. The molecule has 0 N–H and O–H groups in total. The Bertz CT molecular complexity index is 287. The van der Waals surface area contributed by atoms with Gasteiger partial charge in [-0.3, -0.25) is 9.69 Å². The first kappa shape index (κ1) is 15.1. The fourth-order valence-electron chi connectivity index (χ4n) is 2.99. The first-order valence-corrected chi connectivity index (χ1v) is 8.42. The second kappa shape index (κ2) is 7.50. The molecule has 0 spiro atoms. The molecule has 0 aromatic rings. The predicted octanol–water partition coefficient (Wildman–Crippen LogP) is 1.17. The van der Waals surface area contributed by atoms with Gasteiger partial charge in [0.05, 0.1) is 13.0 Å². The van der Waals surface area contributed by atoms with Crippen molar-refractivity contribution in [2.24, 2.45) is 11.8 Å². The van der Waals surface area contributed by atoms with Gasteiger partial charge in [-0.1, -0.05) is 0 Å². The van der Waals surface area contributed by atoms with E-state index in [1.807, 2.05) is 11.8 Å². The lowest BCUT2D eigenvalue weighted by molar-refractivity contribution is -0.148. The van der Waals surface area contributed by atoms with E-state index in [1.165, 1.54) is 18.6 Å². The number of nitrogens with zero attached hydrogens (tertiary/aromatic N) is 2. The Kier molecular flexibility index (Phi) is 5.98. The zero-order valence-electron chi connectivity index (χ0n) is 12.1. The number of methoxy groups -OCH3 is 1. The average Bonchev–Trinajstić information content (AvgIpc) is 2.47. The van der Waals surface area contributed by atoms with Gasteiger partial charge in [0.15, 0.2) is 0 Å². The minimum absolute atomic E-state index is 0.00386. The van der Waals surface area contributed by atoms with Crippen LogP contribution in [-0.4, -0.2) is 74.2 Å². The summed E-state index contributed by atoms with van der Waals surface area (Å²) in [6.45, 7) is 5.25. The average molecular weight is 286 g/mol. The maximum atomic E-state index is 12.1. The molecule has 1 unspecified atom stereocenters. The van der Waals surface area contributed by atoms with Crippen LogP contribution in [0.1, 0.15) is 12.8 Å². The molecule has 110 valence electrons. The van der Waals surface area contributed by atoms with Crippen LogP contribution in [0.25, 0.3) is 0 Å². The van der Waals surface area contributed by atoms with Crippen LogP contribution < -0.4 is 0 Å². The molecule has 2 aliphatic heterocycles. The second-order valence-electron chi connectivity index (χ2n) is 5.68. The summed E-state index contributed by atoms with van der Waals surface area (Å²) in [7, 11) is 3.68. The number of rotatable bonds is 4. The molecule has 2 fully saturated rings. The van der Waals surface area contributed by atoms with Gasteiger partial charge in [-0.2, -0.15) is 11.8 Å². The highest BCUT2D eigenvalue weighted by molar-refractivity contribution is 7.99. The zero-order chi connectivity index (χ0) is 13.7. The van der Waals surface area contributed by atoms with Gasteiger partial charge in [-0.15, -0.1) is 0 Å². The number of hydrogen-bond acceptors (Lipinski definition) is 5. The number of piperazine rings is 1. The third kappa shape index (κ3) is 4.36. The Balaban J connectivity index is 1.91. The van der Waals surface area contributed by atoms with Crippen molar-refractivity contribution in [3.8, 4) is 0 Å². The quantitative estimate of drug-likeness (QED) is 0.725. The summed E-state index contributed by atoms with van der Waals surface area (Å²) >= 11 is 2.01. The van der Waals surface area contributed by atoms with Crippen molar-refractivity contribution >= 4 is 17.7 Å². The first-order chi connectivity index (χ1) is 9.20. The summed E-state index contributed by atoms with van der Waals surface area (Å²) in [6, 6.07) is 0. The van der Waals surface area contributed by atoms with Crippen molar-refractivity contribution < 1.29 is 9.53 Å². The first-order valence-electron chi connectivity index (χ1n) is 7.27. The van der Waals surface area contributed by atoms with Crippen molar-refractivity contribution in [1.82, 2.24) is 9.80 Å². The highest BCUT2D eigenvalue weighted by Gasteiger charge is 2.32. The summed E-state index contributed by atoms with van der Waals surface area (Å²) in [5.41, 5.74) is 0. The smallest absolute Gasteiger partial charge is 0.310 e. The minimum Gasteiger partial charge on any atom is -0.469 e. The number of likely N-dealkylation sites (N-methyl/N-ethyl adjacent to an activating group) is 1. The van der Waals surface area contributed by atoms with Crippen LogP contribution in [0.4, 0.5) is 0 Å². The largest absolute Gasteiger partial charge is 0.469 e. The van der Waals surface area contributed by atoms with Gasteiger partial charge in [-0.25, -0.2) is 0 Å². The van der Waals surface area contributed by atoms with E-state index < -0.39 is 0 Å². The van der Waals surface area contributed by atoms with Crippen molar-refractivity contribution in [2.45, 2.75) is 12.8 Å². The third-order valence-electron chi connectivity index (χ3n) is 4.39. The molecule has 2 saturated heterocycles. The molecule has 19 heavy (non-hydrogen) atoms. The van der Waals surface area contributed by atoms with E-state index in [0.29, 0.717) is 5.92 Å². The van der Waals surface area contributed by atoms with Crippen LogP contribution in [0, 0.1) is 11.8 Å². The zero-order valence-corrected chi connectivity index (χ0v) is 13.0. The van der Waals surface area contributed by atoms with Crippen LogP contribution in [0.2, 0.25) is 0 Å². The summed E-state index contributed by atoms with van der Waals surface area (Å²) in [6.07, 6.45) is 2.33. The molecule has 2 rings (SSSR count). The van der Waals surface area contributed by atoms with Crippen LogP contribution >= 0.6 is 11.8 Å². The number of thioether (sulfide) groups is 1. The summed E-state index contributed by atoms with van der Waals surface area (Å²) in [5.74, 6) is 2.99. The molecule has 1 atom stereocenters. The predicted molar refractivity (Wildman–Crippen MR) is 79.5 cm³/mol. The standard InChI is InChI=1S/C14H26N2O2S/c1-15-5-7-16(8-6-15)11-13(14(17)18-2)12-3-9-19-10-4-12/h12-13H,3-11H2,1-2H3. The maximum Gasteiger partial charge on any atom is 0.310 e. The molecule has 2 heterocycles. The molecule has 0 saturated carbocycles. The number of carbonyl (C=O) groups is 1. The van der Waals surface area contributed by atoms with E-state index in [0.717, 1.165) is 45.6 Å². The summed E-state index contributed by atoms with van der Waals surface area (Å²) < 4.78 is 5.05. The van der Waals surface area contributed by atoms with Gasteiger partial charge in [0.1, 0.15) is 0 Å². The number of carbonyl (C=O) groups excluding carboxylic acids is 1. The molecule has 2 aliphatic rings. The van der Waals surface area contributed by atoms with Gasteiger partial charge >= 0.3 is 5.97 Å². The lowest BCUT2D eigenvalue weighted by atomic mass is 9.87. The molecule has 5 heteroatoms. The van der Waals surface area contributed by atoms with Crippen molar-refractivity contribution in [2.75, 3.05) is 58.4 Å². The molecule has 4 nitrogen and oxygen atoms in total.